The first kappa shape index (κ1) is 19.5. The monoisotopic (exact) mass is 400 g/mol. The number of aryl methyl sites for hydroxylation is 1. The van der Waals surface area contributed by atoms with Gasteiger partial charge in [-0.15, -0.1) is 0 Å². The summed E-state index contributed by atoms with van der Waals surface area (Å²) in [5.41, 5.74) is 4.85. The molecule has 0 bridgehead atoms. The Balaban J connectivity index is 1.48. The fraction of sp³-hybridized carbons (Fsp3) is 0.167. The summed E-state index contributed by atoms with van der Waals surface area (Å²) in [6.07, 6.45) is 1.61. The summed E-state index contributed by atoms with van der Waals surface area (Å²) >= 11 is 0. The fourth-order valence-electron chi connectivity index (χ4n) is 3.52. The molecular formula is C24H24N4O2. The van der Waals surface area contributed by atoms with E-state index in [1.54, 1.807) is 6.26 Å². The Hall–Kier alpha value is -3.80. The van der Waals surface area contributed by atoms with E-state index in [1.807, 2.05) is 91.3 Å². The molecule has 0 aliphatic carbocycles. The van der Waals surface area contributed by atoms with Crippen LogP contribution in [0.3, 0.4) is 0 Å². The van der Waals surface area contributed by atoms with Gasteiger partial charge in [-0.2, -0.15) is 5.10 Å². The highest BCUT2D eigenvalue weighted by atomic mass is 16.3. The lowest BCUT2D eigenvalue weighted by Gasteiger charge is -2.18. The quantitative estimate of drug-likeness (QED) is 0.494. The normalized spacial score (nSPS) is 11.8. The van der Waals surface area contributed by atoms with Crippen molar-refractivity contribution in [2.75, 3.05) is 0 Å². The number of amides is 2. The lowest BCUT2D eigenvalue weighted by molar-refractivity contribution is 0.236. The highest BCUT2D eigenvalue weighted by molar-refractivity contribution is 5.75. The van der Waals surface area contributed by atoms with Crippen LogP contribution in [0.15, 0.2) is 83.5 Å². The third kappa shape index (κ3) is 4.12. The van der Waals surface area contributed by atoms with Gasteiger partial charge in [0, 0.05) is 17.8 Å². The first-order chi connectivity index (χ1) is 14.6. The topological polar surface area (TPSA) is 72.1 Å². The van der Waals surface area contributed by atoms with Gasteiger partial charge in [-0.3, -0.25) is 0 Å². The number of benzene rings is 2. The molecule has 0 saturated heterocycles. The first-order valence-corrected chi connectivity index (χ1v) is 9.86. The summed E-state index contributed by atoms with van der Waals surface area (Å²) in [7, 11) is 0. The fourth-order valence-corrected chi connectivity index (χ4v) is 3.52. The molecule has 2 heterocycles. The number of furan rings is 1. The van der Waals surface area contributed by atoms with E-state index < -0.39 is 0 Å². The maximum absolute atomic E-state index is 12.7. The maximum atomic E-state index is 12.7. The highest BCUT2D eigenvalue weighted by Gasteiger charge is 2.20. The Morgan fingerprint density at radius 3 is 2.37 bits per heavy atom. The molecule has 0 aliphatic heterocycles. The van der Waals surface area contributed by atoms with E-state index in [2.05, 4.69) is 15.7 Å². The molecule has 0 spiro atoms. The van der Waals surface area contributed by atoms with E-state index in [1.165, 1.54) is 0 Å². The van der Waals surface area contributed by atoms with Crippen LogP contribution in [0.4, 0.5) is 4.79 Å². The number of carbonyl (C=O) groups is 1. The van der Waals surface area contributed by atoms with Crippen LogP contribution in [-0.2, 0) is 6.54 Å². The van der Waals surface area contributed by atoms with Crippen molar-refractivity contribution in [2.24, 2.45) is 0 Å². The van der Waals surface area contributed by atoms with Crippen LogP contribution in [0.1, 0.15) is 34.3 Å². The average Bonchev–Trinajstić information content (AvgIpc) is 3.40. The van der Waals surface area contributed by atoms with Gasteiger partial charge in [0.05, 0.1) is 17.6 Å². The van der Waals surface area contributed by atoms with Crippen molar-refractivity contribution in [3.63, 3.8) is 0 Å². The lowest BCUT2D eigenvalue weighted by atomic mass is 10.1. The number of nitrogens with zero attached hydrogens (tertiary/aromatic N) is 2. The minimum atomic E-state index is -0.365. The van der Waals surface area contributed by atoms with Crippen LogP contribution in [0.25, 0.3) is 5.69 Å². The SMILES string of the molecule is Cc1nn(-c2ccccc2)c(C)c1CNC(=O)NC(c1ccccc1)c1ccco1. The molecule has 1 unspecified atom stereocenters. The molecule has 2 N–H and O–H groups in total. The van der Waals surface area contributed by atoms with Gasteiger partial charge in [0.2, 0.25) is 0 Å². The van der Waals surface area contributed by atoms with Gasteiger partial charge >= 0.3 is 6.03 Å². The number of urea groups is 1. The van der Waals surface area contributed by atoms with Gasteiger partial charge in [0.15, 0.2) is 0 Å². The van der Waals surface area contributed by atoms with Crippen LogP contribution in [0, 0.1) is 13.8 Å². The molecule has 2 aromatic heterocycles. The third-order valence-electron chi connectivity index (χ3n) is 5.10. The Labute approximate surface area is 175 Å². The molecule has 0 saturated carbocycles. The number of hydrogen-bond donors (Lipinski definition) is 2. The standard InChI is InChI=1S/C24H24N4O2/c1-17-21(18(2)28(27-17)20-12-7-4-8-13-20)16-25-24(29)26-23(22-14-9-15-30-22)19-10-5-3-6-11-19/h3-15,23H,16H2,1-2H3,(H2,25,26,29). The number of hydrogen-bond acceptors (Lipinski definition) is 3. The summed E-state index contributed by atoms with van der Waals surface area (Å²) < 4.78 is 7.45. The predicted octanol–water partition coefficient (Wildman–Crippen LogP) is 4.67. The molecule has 0 radical (unpaired) electrons. The van der Waals surface area contributed by atoms with Crippen molar-refractivity contribution in [3.8, 4) is 5.69 Å². The lowest BCUT2D eigenvalue weighted by Crippen LogP contribution is -2.38. The second-order valence-corrected chi connectivity index (χ2v) is 7.08. The van der Waals surface area contributed by atoms with E-state index in [4.69, 9.17) is 4.42 Å². The molecule has 6 heteroatoms. The van der Waals surface area contributed by atoms with Crippen molar-refractivity contribution >= 4 is 6.03 Å². The number of para-hydroxylation sites is 1. The maximum Gasteiger partial charge on any atom is 0.315 e. The summed E-state index contributed by atoms with van der Waals surface area (Å²) in [5.74, 6) is 0.681. The van der Waals surface area contributed by atoms with Crippen molar-refractivity contribution in [1.29, 1.82) is 0 Å². The number of carbonyl (C=O) groups excluding carboxylic acids is 1. The second kappa shape index (κ2) is 8.69. The molecule has 0 fully saturated rings. The Morgan fingerprint density at radius 2 is 1.70 bits per heavy atom. The third-order valence-corrected chi connectivity index (χ3v) is 5.10. The minimum Gasteiger partial charge on any atom is -0.467 e. The van der Waals surface area contributed by atoms with Crippen molar-refractivity contribution in [2.45, 2.75) is 26.4 Å². The van der Waals surface area contributed by atoms with E-state index in [0.717, 1.165) is 28.2 Å². The molecule has 6 nitrogen and oxygen atoms in total. The molecule has 2 amide bonds. The molecule has 4 aromatic rings. The highest BCUT2D eigenvalue weighted by Crippen LogP contribution is 2.22. The smallest absolute Gasteiger partial charge is 0.315 e. The van der Waals surface area contributed by atoms with Crippen LogP contribution in [-0.4, -0.2) is 15.8 Å². The van der Waals surface area contributed by atoms with Crippen LogP contribution < -0.4 is 10.6 Å². The van der Waals surface area contributed by atoms with Gasteiger partial charge in [0.1, 0.15) is 11.8 Å². The van der Waals surface area contributed by atoms with Crippen molar-refractivity contribution < 1.29 is 9.21 Å². The average molecular weight is 400 g/mol. The predicted molar refractivity (Wildman–Crippen MR) is 115 cm³/mol. The van der Waals surface area contributed by atoms with E-state index in [9.17, 15) is 4.79 Å². The Kier molecular flexibility index (Phi) is 5.66. The first-order valence-electron chi connectivity index (χ1n) is 9.86. The summed E-state index contributed by atoms with van der Waals surface area (Å²) in [6.45, 7) is 4.35. The zero-order chi connectivity index (χ0) is 20.9. The summed E-state index contributed by atoms with van der Waals surface area (Å²) in [5, 5.41) is 10.6. The van der Waals surface area contributed by atoms with Gasteiger partial charge in [-0.25, -0.2) is 9.48 Å². The van der Waals surface area contributed by atoms with Gasteiger partial charge in [-0.1, -0.05) is 48.5 Å². The number of rotatable bonds is 6. The van der Waals surface area contributed by atoms with Crippen molar-refractivity contribution in [1.82, 2.24) is 20.4 Å². The van der Waals surface area contributed by atoms with E-state index in [-0.39, 0.29) is 12.1 Å². The van der Waals surface area contributed by atoms with E-state index >= 15 is 0 Å². The Morgan fingerprint density at radius 1 is 1.00 bits per heavy atom. The molecule has 4 rings (SSSR count). The number of nitrogens with one attached hydrogen (secondary N) is 2. The minimum absolute atomic E-state index is 0.272. The second-order valence-electron chi connectivity index (χ2n) is 7.08. The largest absolute Gasteiger partial charge is 0.467 e. The zero-order valence-corrected chi connectivity index (χ0v) is 17.0. The van der Waals surface area contributed by atoms with Gasteiger partial charge < -0.3 is 15.1 Å². The van der Waals surface area contributed by atoms with Crippen molar-refractivity contribution in [3.05, 3.63) is 107 Å². The van der Waals surface area contributed by atoms with Crippen LogP contribution in [0.5, 0.6) is 0 Å². The molecule has 2 aromatic carbocycles. The van der Waals surface area contributed by atoms with Gasteiger partial charge in [0.25, 0.3) is 0 Å². The molecule has 30 heavy (non-hydrogen) atoms. The van der Waals surface area contributed by atoms with Gasteiger partial charge in [-0.05, 0) is 43.7 Å². The van der Waals surface area contributed by atoms with Crippen LogP contribution >= 0.6 is 0 Å². The summed E-state index contributed by atoms with van der Waals surface area (Å²) in [4.78, 5) is 12.7. The van der Waals surface area contributed by atoms with Crippen LogP contribution in [0.2, 0.25) is 0 Å². The number of aromatic nitrogens is 2. The molecule has 1 atom stereocenters. The zero-order valence-electron chi connectivity index (χ0n) is 17.0. The Bertz CT molecular complexity index is 1100. The molecule has 0 aliphatic rings. The van der Waals surface area contributed by atoms with E-state index in [0.29, 0.717) is 12.3 Å². The molecule has 152 valence electrons. The summed E-state index contributed by atoms with van der Waals surface area (Å²) in [6, 6.07) is 22.7. The molecular weight excluding hydrogens is 376 g/mol.